The van der Waals surface area contributed by atoms with Crippen LogP contribution in [0.4, 0.5) is 0 Å². The van der Waals surface area contributed by atoms with Crippen molar-refractivity contribution in [2.75, 3.05) is 6.54 Å². The SMILES string of the molecule is NCCc1ccc(CNC(=O)C2CC2)cc1. The molecule has 1 aliphatic carbocycles. The summed E-state index contributed by atoms with van der Waals surface area (Å²) in [5.74, 6) is 0.488. The molecule has 0 saturated heterocycles. The van der Waals surface area contributed by atoms with E-state index in [0.29, 0.717) is 13.1 Å². The highest BCUT2D eigenvalue weighted by atomic mass is 16.2. The first-order valence-electron chi connectivity index (χ1n) is 5.85. The fourth-order valence-corrected chi connectivity index (χ4v) is 1.67. The Bertz CT molecular complexity index is 355. The van der Waals surface area contributed by atoms with Crippen LogP contribution >= 0.6 is 0 Å². The third kappa shape index (κ3) is 3.07. The summed E-state index contributed by atoms with van der Waals surface area (Å²) in [6.45, 7) is 1.32. The summed E-state index contributed by atoms with van der Waals surface area (Å²) in [7, 11) is 0. The molecule has 3 N–H and O–H groups in total. The van der Waals surface area contributed by atoms with Gasteiger partial charge in [-0.25, -0.2) is 0 Å². The number of hydrogen-bond acceptors (Lipinski definition) is 2. The molecule has 1 fully saturated rings. The van der Waals surface area contributed by atoms with Gasteiger partial charge in [0.25, 0.3) is 0 Å². The molecular formula is C13H18N2O. The van der Waals surface area contributed by atoms with Crippen LogP contribution in [0.15, 0.2) is 24.3 Å². The van der Waals surface area contributed by atoms with Crippen molar-refractivity contribution in [2.24, 2.45) is 11.7 Å². The molecule has 0 bridgehead atoms. The Morgan fingerprint density at radius 2 is 1.88 bits per heavy atom. The molecule has 3 nitrogen and oxygen atoms in total. The maximum atomic E-state index is 11.4. The van der Waals surface area contributed by atoms with Crippen molar-refractivity contribution in [3.05, 3.63) is 35.4 Å². The molecule has 0 unspecified atom stereocenters. The van der Waals surface area contributed by atoms with Gasteiger partial charge in [-0.1, -0.05) is 24.3 Å². The number of carbonyl (C=O) groups excluding carboxylic acids is 1. The lowest BCUT2D eigenvalue weighted by molar-refractivity contribution is -0.122. The highest BCUT2D eigenvalue weighted by Gasteiger charge is 2.29. The van der Waals surface area contributed by atoms with Crippen LogP contribution in [0.25, 0.3) is 0 Å². The number of hydrogen-bond donors (Lipinski definition) is 2. The van der Waals surface area contributed by atoms with Gasteiger partial charge in [0.1, 0.15) is 0 Å². The third-order valence-corrected chi connectivity index (χ3v) is 2.87. The first-order valence-corrected chi connectivity index (χ1v) is 5.85. The van der Waals surface area contributed by atoms with Crippen LogP contribution in [0.5, 0.6) is 0 Å². The summed E-state index contributed by atoms with van der Waals surface area (Å²) in [5, 5.41) is 2.95. The van der Waals surface area contributed by atoms with E-state index in [1.54, 1.807) is 0 Å². The molecule has 0 aliphatic heterocycles. The van der Waals surface area contributed by atoms with Crippen LogP contribution in [0.2, 0.25) is 0 Å². The van der Waals surface area contributed by atoms with E-state index in [4.69, 9.17) is 5.73 Å². The lowest BCUT2D eigenvalue weighted by Gasteiger charge is -2.05. The van der Waals surface area contributed by atoms with E-state index in [2.05, 4.69) is 29.6 Å². The highest BCUT2D eigenvalue weighted by Crippen LogP contribution is 2.28. The fraction of sp³-hybridized carbons (Fsp3) is 0.462. The van der Waals surface area contributed by atoms with Gasteiger partial charge in [0.2, 0.25) is 5.91 Å². The van der Waals surface area contributed by atoms with Gasteiger partial charge < -0.3 is 11.1 Å². The lowest BCUT2D eigenvalue weighted by atomic mass is 10.1. The Labute approximate surface area is 96.0 Å². The van der Waals surface area contributed by atoms with E-state index in [0.717, 1.165) is 24.8 Å². The minimum absolute atomic E-state index is 0.200. The first kappa shape index (κ1) is 11.1. The Morgan fingerprint density at radius 3 is 2.44 bits per heavy atom. The first-order chi connectivity index (χ1) is 7.79. The summed E-state index contributed by atoms with van der Waals surface area (Å²) in [5.41, 5.74) is 7.88. The Hall–Kier alpha value is -1.35. The molecule has 16 heavy (non-hydrogen) atoms. The Morgan fingerprint density at radius 1 is 1.25 bits per heavy atom. The van der Waals surface area contributed by atoms with Crippen molar-refractivity contribution in [1.82, 2.24) is 5.32 Å². The van der Waals surface area contributed by atoms with Crippen LogP contribution in [0, 0.1) is 5.92 Å². The minimum Gasteiger partial charge on any atom is -0.352 e. The molecule has 86 valence electrons. The molecule has 3 heteroatoms. The second-order valence-electron chi connectivity index (χ2n) is 4.35. The highest BCUT2D eigenvalue weighted by molar-refractivity contribution is 5.80. The normalized spacial score (nSPS) is 14.8. The molecule has 1 aliphatic rings. The topological polar surface area (TPSA) is 55.1 Å². The molecule has 0 heterocycles. The average Bonchev–Trinajstić information content (AvgIpc) is 3.12. The monoisotopic (exact) mass is 218 g/mol. The van der Waals surface area contributed by atoms with Crippen molar-refractivity contribution >= 4 is 5.91 Å². The van der Waals surface area contributed by atoms with E-state index in [-0.39, 0.29) is 11.8 Å². The van der Waals surface area contributed by atoms with Crippen molar-refractivity contribution in [3.63, 3.8) is 0 Å². The molecule has 1 amide bonds. The number of nitrogens with two attached hydrogens (primary N) is 1. The van der Waals surface area contributed by atoms with Crippen molar-refractivity contribution in [2.45, 2.75) is 25.8 Å². The number of rotatable bonds is 5. The van der Waals surface area contributed by atoms with E-state index >= 15 is 0 Å². The zero-order valence-electron chi connectivity index (χ0n) is 9.41. The second kappa shape index (κ2) is 5.12. The molecule has 1 saturated carbocycles. The van der Waals surface area contributed by atoms with Crippen LogP contribution in [-0.2, 0) is 17.8 Å². The zero-order valence-corrected chi connectivity index (χ0v) is 9.41. The minimum atomic E-state index is 0.200. The lowest BCUT2D eigenvalue weighted by Crippen LogP contribution is -2.24. The maximum absolute atomic E-state index is 11.4. The average molecular weight is 218 g/mol. The molecule has 0 radical (unpaired) electrons. The molecule has 0 spiro atoms. The molecule has 1 aromatic carbocycles. The number of carbonyl (C=O) groups is 1. The summed E-state index contributed by atoms with van der Waals surface area (Å²) in [6.07, 6.45) is 3.03. The van der Waals surface area contributed by atoms with Gasteiger partial charge in [0.15, 0.2) is 0 Å². The van der Waals surface area contributed by atoms with Gasteiger partial charge in [0.05, 0.1) is 0 Å². The number of nitrogens with one attached hydrogen (secondary N) is 1. The van der Waals surface area contributed by atoms with Gasteiger partial charge in [-0.05, 0) is 36.9 Å². The fourth-order valence-electron chi connectivity index (χ4n) is 1.67. The van der Waals surface area contributed by atoms with Gasteiger partial charge in [-0.2, -0.15) is 0 Å². The zero-order chi connectivity index (χ0) is 11.4. The quantitative estimate of drug-likeness (QED) is 0.780. The summed E-state index contributed by atoms with van der Waals surface area (Å²) >= 11 is 0. The predicted octanol–water partition coefficient (Wildman–Crippen LogP) is 1.21. The van der Waals surface area contributed by atoms with E-state index in [1.807, 2.05) is 0 Å². The third-order valence-electron chi connectivity index (χ3n) is 2.87. The molecule has 1 aromatic rings. The van der Waals surface area contributed by atoms with Gasteiger partial charge in [0, 0.05) is 12.5 Å². The van der Waals surface area contributed by atoms with Crippen LogP contribution in [0.3, 0.4) is 0 Å². The molecule has 0 aromatic heterocycles. The Balaban J connectivity index is 1.82. The summed E-state index contributed by atoms with van der Waals surface area (Å²) in [4.78, 5) is 11.4. The van der Waals surface area contributed by atoms with Gasteiger partial charge in [-0.3, -0.25) is 4.79 Å². The van der Waals surface area contributed by atoms with Crippen molar-refractivity contribution in [1.29, 1.82) is 0 Å². The Kier molecular flexibility index (Phi) is 3.57. The van der Waals surface area contributed by atoms with E-state index in [1.165, 1.54) is 5.56 Å². The standard InChI is InChI=1S/C13H18N2O/c14-8-7-10-1-3-11(4-2-10)9-15-13(16)12-5-6-12/h1-4,12H,5-9,14H2,(H,15,16). The summed E-state index contributed by atoms with van der Waals surface area (Å²) in [6, 6.07) is 8.26. The maximum Gasteiger partial charge on any atom is 0.223 e. The largest absolute Gasteiger partial charge is 0.352 e. The van der Waals surface area contributed by atoms with Crippen LogP contribution in [0.1, 0.15) is 24.0 Å². The number of amides is 1. The van der Waals surface area contributed by atoms with Crippen LogP contribution < -0.4 is 11.1 Å². The van der Waals surface area contributed by atoms with E-state index < -0.39 is 0 Å². The molecule has 0 atom stereocenters. The van der Waals surface area contributed by atoms with Crippen LogP contribution in [-0.4, -0.2) is 12.5 Å². The van der Waals surface area contributed by atoms with Gasteiger partial charge in [-0.15, -0.1) is 0 Å². The number of benzene rings is 1. The summed E-state index contributed by atoms with van der Waals surface area (Å²) < 4.78 is 0. The van der Waals surface area contributed by atoms with Crippen molar-refractivity contribution < 1.29 is 4.79 Å². The van der Waals surface area contributed by atoms with Crippen molar-refractivity contribution in [3.8, 4) is 0 Å². The smallest absolute Gasteiger partial charge is 0.223 e. The van der Waals surface area contributed by atoms with Gasteiger partial charge >= 0.3 is 0 Å². The second-order valence-corrected chi connectivity index (χ2v) is 4.35. The molecular weight excluding hydrogens is 200 g/mol. The van der Waals surface area contributed by atoms with E-state index in [9.17, 15) is 4.79 Å². The molecule has 2 rings (SSSR count). The predicted molar refractivity (Wildman–Crippen MR) is 63.8 cm³/mol.